The van der Waals surface area contributed by atoms with Gasteiger partial charge in [0, 0.05) is 10.8 Å². The zero-order valence-electron chi connectivity index (χ0n) is 20.0. The van der Waals surface area contributed by atoms with Gasteiger partial charge >= 0.3 is 7.12 Å². The molecule has 0 unspecified atom stereocenters. The van der Waals surface area contributed by atoms with E-state index in [4.69, 9.17) is 13.7 Å². The molecule has 1 saturated heterocycles. The van der Waals surface area contributed by atoms with Gasteiger partial charge in [0.2, 0.25) is 0 Å². The molecule has 0 amide bonds. The van der Waals surface area contributed by atoms with Crippen molar-refractivity contribution in [3.8, 4) is 22.3 Å². The number of fused-ring (bicyclic) bond motifs is 3. The minimum absolute atomic E-state index is 0.406. The smallest absolute Gasteiger partial charge is 0.456 e. The normalized spacial score (nSPS) is 17.0. The highest BCUT2D eigenvalue weighted by Crippen LogP contribution is 2.38. The van der Waals surface area contributed by atoms with E-state index in [1.165, 1.54) is 0 Å². The highest BCUT2D eigenvalue weighted by molar-refractivity contribution is 6.64. The maximum atomic E-state index is 6.48. The van der Waals surface area contributed by atoms with Gasteiger partial charge in [-0.3, -0.25) is 0 Å². The van der Waals surface area contributed by atoms with Crippen LogP contribution in [0.2, 0.25) is 0 Å². The second kappa shape index (κ2) is 7.59. The molecule has 0 atom stereocenters. The highest BCUT2D eigenvalue weighted by Gasteiger charge is 2.52. The maximum Gasteiger partial charge on any atom is 0.495 e. The van der Waals surface area contributed by atoms with Crippen molar-refractivity contribution in [3.63, 3.8) is 0 Å². The third kappa shape index (κ3) is 3.37. The third-order valence-corrected chi connectivity index (χ3v) is 7.35. The van der Waals surface area contributed by atoms with Crippen molar-refractivity contribution in [1.29, 1.82) is 0 Å². The molecule has 0 aliphatic carbocycles. The van der Waals surface area contributed by atoms with Crippen LogP contribution in [-0.2, 0) is 9.31 Å². The van der Waals surface area contributed by atoms with Crippen molar-refractivity contribution >= 4 is 34.5 Å². The van der Waals surface area contributed by atoms with Crippen molar-refractivity contribution in [2.75, 3.05) is 0 Å². The minimum atomic E-state index is -0.446. The van der Waals surface area contributed by atoms with Crippen molar-refractivity contribution in [1.82, 2.24) is 0 Å². The number of hydrogen-bond donors (Lipinski definition) is 0. The molecule has 4 aromatic carbocycles. The van der Waals surface area contributed by atoms with Gasteiger partial charge in [0.15, 0.2) is 0 Å². The van der Waals surface area contributed by atoms with Gasteiger partial charge in [-0.15, -0.1) is 0 Å². The molecular formula is C30H27BO3. The van der Waals surface area contributed by atoms with Crippen LogP contribution < -0.4 is 5.46 Å². The SMILES string of the molecule is CC1(C)OB(c2cc(-c3ccc4oc5ccccc5c4c3)ccc2-c2ccccc2)OC1(C)C. The molecule has 0 saturated carbocycles. The summed E-state index contributed by atoms with van der Waals surface area (Å²) in [4.78, 5) is 0. The molecule has 3 nitrogen and oxygen atoms in total. The van der Waals surface area contributed by atoms with E-state index in [2.05, 4.69) is 100 Å². The summed E-state index contributed by atoms with van der Waals surface area (Å²) >= 11 is 0. The van der Waals surface area contributed by atoms with E-state index in [0.717, 1.165) is 49.7 Å². The van der Waals surface area contributed by atoms with E-state index in [9.17, 15) is 0 Å². The van der Waals surface area contributed by atoms with Crippen LogP contribution >= 0.6 is 0 Å². The van der Waals surface area contributed by atoms with Crippen LogP contribution in [-0.4, -0.2) is 18.3 Å². The summed E-state index contributed by atoms with van der Waals surface area (Å²) in [6, 6.07) is 31.6. The predicted molar refractivity (Wildman–Crippen MR) is 140 cm³/mol. The van der Waals surface area contributed by atoms with Gasteiger partial charge in [-0.2, -0.15) is 0 Å². The predicted octanol–water partition coefficient (Wildman–Crippen LogP) is 7.22. The first-order chi connectivity index (χ1) is 16.3. The van der Waals surface area contributed by atoms with Crippen LogP contribution in [0.15, 0.2) is 95.4 Å². The van der Waals surface area contributed by atoms with Gasteiger partial charge < -0.3 is 13.7 Å². The molecular weight excluding hydrogens is 419 g/mol. The molecule has 5 aromatic rings. The number of para-hydroxylation sites is 1. The van der Waals surface area contributed by atoms with Crippen molar-refractivity contribution < 1.29 is 13.7 Å². The van der Waals surface area contributed by atoms with E-state index in [1.807, 2.05) is 18.2 Å². The Morgan fingerprint density at radius 1 is 0.559 bits per heavy atom. The Kier molecular flexibility index (Phi) is 4.74. The molecule has 1 aliphatic heterocycles. The minimum Gasteiger partial charge on any atom is -0.456 e. The van der Waals surface area contributed by atoms with Crippen LogP contribution in [0.4, 0.5) is 0 Å². The molecule has 6 rings (SSSR count). The molecule has 0 N–H and O–H groups in total. The van der Waals surface area contributed by atoms with Crippen LogP contribution in [0.1, 0.15) is 27.7 Å². The first-order valence-corrected chi connectivity index (χ1v) is 11.8. The van der Waals surface area contributed by atoms with Gasteiger partial charge in [-0.25, -0.2) is 0 Å². The zero-order valence-corrected chi connectivity index (χ0v) is 20.0. The highest BCUT2D eigenvalue weighted by atomic mass is 16.7. The summed E-state index contributed by atoms with van der Waals surface area (Å²) in [6.07, 6.45) is 0. The van der Waals surface area contributed by atoms with Crippen LogP contribution in [0.25, 0.3) is 44.2 Å². The van der Waals surface area contributed by atoms with E-state index in [-0.39, 0.29) is 0 Å². The molecule has 1 aromatic heterocycles. The summed E-state index contributed by atoms with van der Waals surface area (Å²) in [5.74, 6) is 0. The van der Waals surface area contributed by atoms with Gasteiger partial charge in [-0.05, 0) is 73.6 Å². The van der Waals surface area contributed by atoms with Crippen LogP contribution in [0.3, 0.4) is 0 Å². The Bertz CT molecular complexity index is 1500. The number of benzene rings is 4. The standard InChI is InChI=1S/C30H27BO3/c1-29(2)30(3,4)34-31(33-29)26-19-22(14-16-23(26)20-10-6-5-7-11-20)21-15-17-28-25(18-21)24-12-8-9-13-27(24)32-28/h5-19H,1-4H3. The Morgan fingerprint density at radius 3 is 1.94 bits per heavy atom. The van der Waals surface area contributed by atoms with Crippen molar-refractivity contribution in [3.05, 3.63) is 91.0 Å². The van der Waals surface area contributed by atoms with E-state index < -0.39 is 18.3 Å². The van der Waals surface area contributed by atoms with E-state index in [0.29, 0.717) is 0 Å². The quantitative estimate of drug-likeness (QED) is 0.274. The first kappa shape index (κ1) is 21.2. The lowest BCUT2D eigenvalue weighted by Gasteiger charge is -2.32. The number of hydrogen-bond acceptors (Lipinski definition) is 3. The Balaban J connectivity index is 1.51. The van der Waals surface area contributed by atoms with E-state index >= 15 is 0 Å². The third-order valence-electron chi connectivity index (χ3n) is 7.35. The topological polar surface area (TPSA) is 31.6 Å². The summed E-state index contributed by atoms with van der Waals surface area (Å²) in [5.41, 5.74) is 6.57. The molecule has 0 radical (unpaired) electrons. The summed E-state index contributed by atoms with van der Waals surface area (Å²) in [5, 5.41) is 2.25. The Hall–Kier alpha value is -3.34. The van der Waals surface area contributed by atoms with Crippen molar-refractivity contribution in [2.45, 2.75) is 38.9 Å². The largest absolute Gasteiger partial charge is 0.495 e. The van der Waals surface area contributed by atoms with E-state index in [1.54, 1.807) is 0 Å². The molecule has 1 fully saturated rings. The number of furan rings is 1. The Morgan fingerprint density at radius 2 is 1.18 bits per heavy atom. The van der Waals surface area contributed by atoms with Crippen LogP contribution in [0.5, 0.6) is 0 Å². The number of rotatable bonds is 3. The second-order valence-corrected chi connectivity index (χ2v) is 10.1. The molecule has 2 heterocycles. The van der Waals surface area contributed by atoms with Crippen LogP contribution in [0, 0.1) is 0 Å². The lowest BCUT2D eigenvalue weighted by atomic mass is 9.73. The molecule has 34 heavy (non-hydrogen) atoms. The fraction of sp³-hybridized carbons (Fsp3) is 0.200. The second-order valence-electron chi connectivity index (χ2n) is 10.1. The van der Waals surface area contributed by atoms with Gasteiger partial charge in [0.1, 0.15) is 11.2 Å². The average molecular weight is 446 g/mol. The average Bonchev–Trinajstić information content (AvgIpc) is 3.31. The fourth-order valence-corrected chi connectivity index (χ4v) is 4.69. The summed E-state index contributed by atoms with van der Waals surface area (Å²) in [7, 11) is -0.446. The summed E-state index contributed by atoms with van der Waals surface area (Å²) < 4.78 is 19.0. The lowest BCUT2D eigenvalue weighted by molar-refractivity contribution is 0.00578. The first-order valence-electron chi connectivity index (χ1n) is 11.8. The van der Waals surface area contributed by atoms with Gasteiger partial charge in [0.05, 0.1) is 11.2 Å². The molecule has 1 aliphatic rings. The monoisotopic (exact) mass is 446 g/mol. The maximum absolute atomic E-state index is 6.48. The zero-order chi connectivity index (χ0) is 23.5. The van der Waals surface area contributed by atoms with Gasteiger partial charge in [0.25, 0.3) is 0 Å². The van der Waals surface area contributed by atoms with Gasteiger partial charge in [-0.1, -0.05) is 72.8 Å². The molecule has 0 bridgehead atoms. The molecule has 168 valence electrons. The summed E-state index contributed by atoms with van der Waals surface area (Å²) in [6.45, 7) is 8.38. The lowest BCUT2D eigenvalue weighted by Crippen LogP contribution is -2.41. The molecule has 4 heteroatoms. The van der Waals surface area contributed by atoms with Crippen molar-refractivity contribution in [2.24, 2.45) is 0 Å². The Labute approximate surface area is 200 Å². The fourth-order valence-electron chi connectivity index (χ4n) is 4.69. The molecule has 0 spiro atoms.